The van der Waals surface area contributed by atoms with Crippen LogP contribution >= 0.6 is 12.2 Å². The van der Waals surface area contributed by atoms with Gasteiger partial charge >= 0.3 is 0 Å². The third kappa shape index (κ3) is 2.83. The van der Waals surface area contributed by atoms with E-state index >= 15 is 0 Å². The lowest BCUT2D eigenvalue weighted by Crippen LogP contribution is -2.40. The number of hydrogen-bond acceptors (Lipinski definition) is 2. The molecule has 3 heteroatoms. The minimum atomic E-state index is 0.411. The Balaban J connectivity index is 2.24. The van der Waals surface area contributed by atoms with Gasteiger partial charge in [0.25, 0.3) is 0 Å². The van der Waals surface area contributed by atoms with Gasteiger partial charge < -0.3 is 10.6 Å². The van der Waals surface area contributed by atoms with Crippen LogP contribution in [0.25, 0.3) is 0 Å². The maximum atomic E-state index is 5.70. The van der Waals surface area contributed by atoms with Gasteiger partial charge in [-0.25, -0.2) is 0 Å². The van der Waals surface area contributed by atoms with Crippen molar-refractivity contribution in [3.63, 3.8) is 0 Å². The van der Waals surface area contributed by atoms with E-state index in [1.54, 1.807) is 0 Å². The molecule has 0 unspecified atom stereocenters. The molecule has 18 heavy (non-hydrogen) atoms. The van der Waals surface area contributed by atoms with Crippen LogP contribution in [0.3, 0.4) is 0 Å². The zero-order valence-electron chi connectivity index (χ0n) is 11.5. The van der Waals surface area contributed by atoms with Crippen LogP contribution < -0.4 is 10.6 Å². The number of piperidine rings is 1. The van der Waals surface area contributed by atoms with Crippen LogP contribution in [0, 0.1) is 12.3 Å². The SMILES string of the molecule is Cc1cc(N2CCCC(C)(C)C2)ccc1C(N)=S. The number of aryl methyl sites for hydroxylation is 1. The molecule has 1 aliphatic rings. The number of nitrogens with zero attached hydrogens (tertiary/aromatic N) is 1. The average molecular weight is 262 g/mol. The minimum absolute atomic E-state index is 0.411. The number of hydrogen-bond donors (Lipinski definition) is 1. The fourth-order valence-corrected chi connectivity index (χ4v) is 2.99. The molecule has 98 valence electrons. The summed E-state index contributed by atoms with van der Waals surface area (Å²) in [6.45, 7) is 9.03. The van der Waals surface area contributed by atoms with Crippen molar-refractivity contribution >= 4 is 22.9 Å². The molecule has 0 aromatic heterocycles. The second kappa shape index (κ2) is 4.88. The topological polar surface area (TPSA) is 29.3 Å². The molecule has 0 atom stereocenters. The summed E-state index contributed by atoms with van der Waals surface area (Å²) in [6, 6.07) is 6.40. The quantitative estimate of drug-likeness (QED) is 0.830. The standard InChI is InChI=1S/C15H22N2S/c1-11-9-12(5-6-13(11)14(16)18)17-8-4-7-15(2,3)10-17/h5-6,9H,4,7-8,10H2,1-3H3,(H2,16,18). The van der Waals surface area contributed by atoms with E-state index in [2.05, 4.69) is 43.9 Å². The largest absolute Gasteiger partial charge is 0.389 e. The van der Waals surface area contributed by atoms with Crippen LogP contribution in [0.15, 0.2) is 18.2 Å². The Labute approximate surface area is 115 Å². The van der Waals surface area contributed by atoms with Gasteiger partial charge in [-0.2, -0.15) is 0 Å². The zero-order chi connectivity index (χ0) is 13.3. The molecule has 0 amide bonds. The summed E-state index contributed by atoms with van der Waals surface area (Å²) >= 11 is 5.05. The summed E-state index contributed by atoms with van der Waals surface area (Å²) in [6.07, 6.45) is 2.58. The molecule has 2 N–H and O–H groups in total. The lowest BCUT2D eigenvalue weighted by atomic mass is 9.84. The molecule has 0 bridgehead atoms. The first-order valence-electron chi connectivity index (χ1n) is 6.54. The van der Waals surface area contributed by atoms with Crippen LogP contribution in [0.1, 0.15) is 37.8 Å². The summed E-state index contributed by atoms with van der Waals surface area (Å²) in [5.41, 5.74) is 9.57. The summed E-state index contributed by atoms with van der Waals surface area (Å²) < 4.78 is 0. The Morgan fingerprint density at radius 2 is 2.11 bits per heavy atom. The Morgan fingerprint density at radius 1 is 1.39 bits per heavy atom. The lowest BCUT2D eigenvalue weighted by molar-refractivity contribution is 0.293. The Kier molecular flexibility index (Phi) is 3.62. The van der Waals surface area contributed by atoms with Gasteiger partial charge in [-0.05, 0) is 48.9 Å². The van der Waals surface area contributed by atoms with Gasteiger partial charge in [0, 0.05) is 24.3 Å². The summed E-state index contributed by atoms with van der Waals surface area (Å²) in [5, 5.41) is 0. The van der Waals surface area contributed by atoms with Gasteiger partial charge in [-0.3, -0.25) is 0 Å². The van der Waals surface area contributed by atoms with Crippen molar-refractivity contribution in [3.8, 4) is 0 Å². The van der Waals surface area contributed by atoms with Gasteiger partial charge in [-0.1, -0.05) is 26.1 Å². The van der Waals surface area contributed by atoms with E-state index in [4.69, 9.17) is 18.0 Å². The van der Waals surface area contributed by atoms with Crippen LogP contribution in [0.2, 0.25) is 0 Å². The molecule has 0 saturated carbocycles. The normalized spacial score (nSPS) is 18.7. The van der Waals surface area contributed by atoms with Crippen LogP contribution in [0.5, 0.6) is 0 Å². The predicted molar refractivity (Wildman–Crippen MR) is 82.3 cm³/mol. The van der Waals surface area contributed by atoms with Crippen LogP contribution in [-0.2, 0) is 0 Å². The van der Waals surface area contributed by atoms with E-state index in [0.29, 0.717) is 10.4 Å². The second-order valence-electron chi connectivity index (χ2n) is 6.05. The van der Waals surface area contributed by atoms with Crippen LogP contribution in [0.4, 0.5) is 5.69 Å². The fraction of sp³-hybridized carbons (Fsp3) is 0.533. The van der Waals surface area contributed by atoms with Crippen molar-refractivity contribution < 1.29 is 0 Å². The van der Waals surface area contributed by atoms with Crippen molar-refractivity contribution in [1.29, 1.82) is 0 Å². The van der Waals surface area contributed by atoms with Crippen molar-refractivity contribution in [3.05, 3.63) is 29.3 Å². The smallest absolute Gasteiger partial charge is 0.104 e. The van der Waals surface area contributed by atoms with E-state index in [1.165, 1.54) is 24.1 Å². The first-order valence-corrected chi connectivity index (χ1v) is 6.95. The van der Waals surface area contributed by atoms with E-state index < -0.39 is 0 Å². The molecule has 1 saturated heterocycles. The van der Waals surface area contributed by atoms with Gasteiger partial charge in [0.2, 0.25) is 0 Å². The highest BCUT2D eigenvalue weighted by Crippen LogP contribution is 2.32. The van der Waals surface area contributed by atoms with Crippen molar-refractivity contribution in [2.24, 2.45) is 11.1 Å². The lowest BCUT2D eigenvalue weighted by Gasteiger charge is -2.39. The third-order valence-corrected chi connectivity index (χ3v) is 3.96. The van der Waals surface area contributed by atoms with Gasteiger partial charge in [0.05, 0.1) is 0 Å². The molecule has 1 aliphatic heterocycles. The van der Waals surface area contributed by atoms with Crippen LogP contribution in [-0.4, -0.2) is 18.1 Å². The van der Waals surface area contributed by atoms with Crippen molar-refractivity contribution in [2.45, 2.75) is 33.6 Å². The molecule has 0 radical (unpaired) electrons. The highest BCUT2D eigenvalue weighted by Gasteiger charge is 2.26. The van der Waals surface area contributed by atoms with Gasteiger partial charge in [0.15, 0.2) is 0 Å². The second-order valence-corrected chi connectivity index (χ2v) is 6.49. The highest BCUT2D eigenvalue weighted by molar-refractivity contribution is 7.80. The maximum absolute atomic E-state index is 5.70. The molecular formula is C15H22N2S. The summed E-state index contributed by atoms with van der Waals surface area (Å²) in [5.74, 6) is 0. The molecule has 1 aromatic carbocycles. The van der Waals surface area contributed by atoms with E-state index in [9.17, 15) is 0 Å². The minimum Gasteiger partial charge on any atom is -0.389 e. The summed E-state index contributed by atoms with van der Waals surface area (Å²) in [4.78, 5) is 2.96. The molecule has 2 rings (SSSR count). The van der Waals surface area contributed by atoms with E-state index in [1.807, 2.05) is 0 Å². The highest BCUT2D eigenvalue weighted by atomic mass is 32.1. The first kappa shape index (κ1) is 13.3. The van der Waals surface area contributed by atoms with Crippen molar-refractivity contribution in [2.75, 3.05) is 18.0 Å². The van der Waals surface area contributed by atoms with Gasteiger partial charge in [0.1, 0.15) is 4.99 Å². The molecule has 1 heterocycles. The van der Waals surface area contributed by atoms with E-state index in [-0.39, 0.29) is 0 Å². The fourth-order valence-electron chi connectivity index (χ4n) is 2.76. The molecule has 2 nitrogen and oxygen atoms in total. The number of thiocarbonyl (C=S) groups is 1. The monoisotopic (exact) mass is 262 g/mol. The molecule has 0 spiro atoms. The third-order valence-electron chi connectivity index (χ3n) is 3.74. The predicted octanol–water partition coefficient (Wildman–Crippen LogP) is 3.26. The number of anilines is 1. The average Bonchev–Trinajstić information content (AvgIpc) is 2.27. The zero-order valence-corrected chi connectivity index (χ0v) is 12.3. The number of nitrogens with two attached hydrogens (primary N) is 1. The first-order chi connectivity index (χ1) is 8.39. The van der Waals surface area contributed by atoms with E-state index in [0.717, 1.165) is 18.7 Å². The van der Waals surface area contributed by atoms with Gasteiger partial charge in [-0.15, -0.1) is 0 Å². The number of benzene rings is 1. The van der Waals surface area contributed by atoms with Crippen molar-refractivity contribution in [1.82, 2.24) is 0 Å². The maximum Gasteiger partial charge on any atom is 0.104 e. The molecular weight excluding hydrogens is 240 g/mol. The Hall–Kier alpha value is -1.09. The Morgan fingerprint density at radius 3 is 2.67 bits per heavy atom. The summed E-state index contributed by atoms with van der Waals surface area (Å²) in [7, 11) is 0. The molecule has 1 fully saturated rings. The number of rotatable bonds is 2. The Bertz CT molecular complexity index is 466. The molecule has 0 aliphatic carbocycles. The molecule has 1 aromatic rings.